The number of nitrogens with zero attached hydrogens (tertiary/aromatic N) is 1. The summed E-state index contributed by atoms with van der Waals surface area (Å²) in [6.07, 6.45) is 6.71. The molecule has 0 aliphatic carbocycles. The average Bonchev–Trinajstić information content (AvgIpc) is 3.09. The number of fused-ring (bicyclic) bond motifs is 2. The molecule has 0 bridgehead atoms. The van der Waals surface area contributed by atoms with E-state index in [-0.39, 0.29) is 0 Å². The predicted octanol–water partition coefficient (Wildman–Crippen LogP) is 3.89. The lowest BCUT2D eigenvalue weighted by molar-refractivity contribution is 0.110. The van der Waals surface area contributed by atoms with Gasteiger partial charge in [0.15, 0.2) is 0 Å². The molecule has 0 amide bonds. The smallest absolute Gasteiger partial charge is 0.120 e. The summed E-state index contributed by atoms with van der Waals surface area (Å²) in [4.78, 5) is 4.72. The van der Waals surface area contributed by atoms with Gasteiger partial charge < -0.3 is 10.0 Å². The first-order chi connectivity index (χ1) is 11.3. The van der Waals surface area contributed by atoms with Crippen LogP contribution in [-0.4, -0.2) is 29.6 Å². The summed E-state index contributed by atoms with van der Waals surface area (Å²) in [5, 5.41) is 11.5. The molecule has 4 rings (SSSR count). The molecule has 1 fully saturated rings. The van der Waals surface area contributed by atoms with Gasteiger partial charge in [-0.15, -0.1) is 0 Å². The first-order valence-corrected chi connectivity index (χ1v) is 9.08. The molecule has 1 N–H and O–H groups in total. The van der Waals surface area contributed by atoms with E-state index >= 15 is 0 Å². The van der Waals surface area contributed by atoms with Crippen molar-refractivity contribution in [2.24, 2.45) is 0 Å². The SMILES string of the molecule is OC1([CH][CH]CN2CCCC2)c2ccccc2Sc2ccccc21. The van der Waals surface area contributed by atoms with Crippen molar-refractivity contribution >= 4 is 11.8 Å². The fourth-order valence-corrected chi connectivity index (χ4v) is 4.72. The molecule has 1 saturated heterocycles. The van der Waals surface area contributed by atoms with Crippen molar-refractivity contribution in [2.75, 3.05) is 19.6 Å². The van der Waals surface area contributed by atoms with Gasteiger partial charge in [-0.3, -0.25) is 0 Å². The van der Waals surface area contributed by atoms with Crippen LogP contribution in [0.1, 0.15) is 24.0 Å². The Bertz CT molecular complexity index is 648. The van der Waals surface area contributed by atoms with Gasteiger partial charge in [-0.2, -0.15) is 0 Å². The maximum absolute atomic E-state index is 11.5. The third-order valence-electron chi connectivity index (χ3n) is 4.74. The molecule has 0 unspecified atom stereocenters. The highest BCUT2D eigenvalue weighted by Crippen LogP contribution is 2.49. The van der Waals surface area contributed by atoms with E-state index in [4.69, 9.17) is 0 Å². The highest BCUT2D eigenvalue weighted by molar-refractivity contribution is 7.99. The van der Waals surface area contributed by atoms with Crippen molar-refractivity contribution < 1.29 is 5.11 Å². The molecule has 0 spiro atoms. The van der Waals surface area contributed by atoms with Gasteiger partial charge in [0.2, 0.25) is 0 Å². The number of benzene rings is 2. The van der Waals surface area contributed by atoms with E-state index in [2.05, 4.69) is 23.5 Å². The monoisotopic (exact) mass is 323 g/mol. The van der Waals surface area contributed by atoms with Crippen LogP contribution in [0.4, 0.5) is 0 Å². The highest BCUT2D eigenvalue weighted by atomic mass is 32.2. The summed E-state index contributed by atoms with van der Waals surface area (Å²) < 4.78 is 0. The number of aliphatic hydroxyl groups is 1. The van der Waals surface area contributed by atoms with Crippen LogP contribution in [0.25, 0.3) is 0 Å². The van der Waals surface area contributed by atoms with Gasteiger partial charge in [0.05, 0.1) is 0 Å². The Morgan fingerprint density at radius 1 is 0.957 bits per heavy atom. The molecule has 3 heteroatoms. The van der Waals surface area contributed by atoms with Gasteiger partial charge in [-0.1, -0.05) is 48.2 Å². The zero-order chi connectivity index (χ0) is 15.7. The summed E-state index contributed by atoms with van der Waals surface area (Å²) >= 11 is 1.74. The molecule has 2 nitrogen and oxygen atoms in total. The molecule has 2 heterocycles. The van der Waals surface area contributed by atoms with Gasteiger partial charge in [0, 0.05) is 33.9 Å². The zero-order valence-electron chi connectivity index (χ0n) is 13.1. The lowest BCUT2D eigenvalue weighted by Gasteiger charge is -2.36. The minimum atomic E-state index is -1.03. The van der Waals surface area contributed by atoms with E-state index in [1.165, 1.54) is 25.9 Å². The molecule has 2 aliphatic rings. The van der Waals surface area contributed by atoms with E-state index in [1.807, 2.05) is 42.8 Å². The fourth-order valence-electron chi connectivity index (χ4n) is 3.52. The van der Waals surface area contributed by atoms with Gasteiger partial charge in [-0.25, -0.2) is 0 Å². The van der Waals surface area contributed by atoms with Crippen LogP contribution < -0.4 is 0 Å². The van der Waals surface area contributed by atoms with E-state index < -0.39 is 5.60 Å². The van der Waals surface area contributed by atoms with Crippen LogP contribution in [0.2, 0.25) is 0 Å². The third-order valence-corrected chi connectivity index (χ3v) is 5.89. The van der Waals surface area contributed by atoms with Gasteiger partial charge in [0.25, 0.3) is 0 Å². The molecule has 118 valence electrons. The number of hydrogen-bond acceptors (Lipinski definition) is 3. The van der Waals surface area contributed by atoms with Crippen molar-refractivity contribution in [3.8, 4) is 0 Å². The molecule has 23 heavy (non-hydrogen) atoms. The van der Waals surface area contributed by atoms with E-state index in [0.717, 1.165) is 27.5 Å². The quantitative estimate of drug-likeness (QED) is 0.923. The Morgan fingerprint density at radius 3 is 2.13 bits per heavy atom. The Hall–Kier alpha value is -1.29. The van der Waals surface area contributed by atoms with Crippen molar-refractivity contribution in [3.63, 3.8) is 0 Å². The second kappa shape index (κ2) is 6.31. The second-order valence-corrected chi connectivity index (χ2v) is 7.35. The largest absolute Gasteiger partial charge is 0.380 e. The minimum Gasteiger partial charge on any atom is -0.380 e. The summed E-state index contributed by atoms with van der Waals surface area (Å²) in [5.41, 5.74) is 0.945. The highest BCUT2D eigenvalue weighted by Gasteiger charge is 2.38. The molecule has 0 atom stereocenters. The maximum atomic E-state index is 11.5. The molecule has 2 aliphatic heterocycles. The van der Waals surface area contributed by atoms with Crippen molar-refractivity contribution in [2.45, 2.75) is 28.2 Å². The summed E-state index contributed by atoms with van der Waals surface area (Å²) in [7, 11) is 0. The first-order valence-electron chi connectivity index (χ1n) is 8.27. The van der Waals surface area contributed by atoms with E-state index in [1.54, 1.807) is 11.8 Å². The molecular weight excluding hydrogens is 302 g/mol. The number of rotatable bonds is 4. The Labute approximate surface area is 142 Å². The van der Waals surface area contributed by atoms with Crippen molar-refractivity contribution in [3.05, 3.63) is 72.5 Å². The maximum Gasteiger partial charge on any atom is 0.120 e. The molecule has 2 aromatic rings. The third kappa shape index (κ3) is 2.82. The molecule has 2 radical (unpaired) electrons. The Kier molecular flexibility index (Phi) is 4.18. The van der Waals surface area contributed by atoms with Crippen LogP contribution in [0.3, 0.4) is 0 Å². The van der Waals surface area contributed by atoms with Crippen LogP contribution >= 0.6 is 11.8 Å². The molecular formula is C20H21NOS. The van der Waals surface area contributed by atoms with Crippen molar-refractivity contribution in [1.29, 1.82) is 0 Å². The topological polar surface area (TPSA) is 23.5 Å². The van der Waals surface area contributed by atoms with Gasteiger partial charge >= 0.3 is 0 Å². The normalized spacial score (nSPS) is 19.3. The van der Waals surface area contributed by atoms with Crippen molar-refractivity contribution in [1.82, 2.24) is 4.90 Å². The van der Waals surface area contributed by atoms with Crippen LogP contribution in [0.15, 0.2) is 58.3 Å². The first kappa shape index (κ1) is 15.3. The minimum absolute atomic E-state index is 0.916. The number of hydrogen-bond donors (Lipinski definition) is 1. The Balaban J connectivity index is 1.62. The molecule has 2 aromatic carbocycles. The molecule has 0 saturated carbocycles. The fraction of sp³-hybridized carbons (Fsp3) is 0.300. The van der Waals surface area contributed by atoms with E-state index in [9.17, 15) is 5.11 Å². The summed E-state index contributed by atoms with van der Waals surface area (Å²) in [5.74, 6) is 0. The lowest BCUT2D eigenvalue weighted by atomic mass is 9.82. The Morgan fingerprint density at radius 2 is 1.52 bits per heavy atom. The van der Waals surface area contributed by atoms with Crippen LogP contribution in [0, 0.1) is 12.8 Å². The lowest BCUT2D eigenvalue weighted by Crippen LogP contribution is -2.33. The van der Waals surface area contributed by atoms with Crippen LogP contribution in [-0.2, 0) is 5.60 Å². The summed E-state index contributed by atoms with van der Waals surface area (Å²) in [6, 6.07) is 16.4. The number of likely N-dealkylation sites (tertiary alicyclic amines) is 1. The van der Waals surface area contributed by atoms with Gasteiger partial charge in [0.1, 0.15) is 5.60 Å². The second-order valence-electron chi connectivity index (χ2n) is 6.27. The standard InChI is InChI=1S/C20H21NOS/c22-20(12-7-15-21-13-5-6-14-21)16-8-1-3-10-18(16)23-19-11-4-2-9-17(19)20/h1-4,7-12,22H,5-6,13-15H2. The average molecular weight is 323 g/mol. The van der Waals surface area contributed by atoms with E-state index in [0.29, 0.717) is 0 Å². The molecule has 0 aromatic heterocycles. The van der Waals surface area contributed by atoms with Crippen LogP contribution in [0.5, 0.6) is 0 Å². The summed E-state index contributed by atoms with van der Waals surface area (Å²) in [6.45, 7) is 3.26. The van der Waals surface area contributed by atoms with Gasteiger partial charge in [-0.05, 0) is 44.5 Å². The predicted molar refractivity (Wildman–Crippen MR) is 94.3 cm³/mol. The zero-order valence-corrected chi connectivity index (χ0v) is 13.9.